The van der Waals surface area contributed by atoms with E-state index in [9.17, 15) is 9.59 Å². The fourth-order valence-electron chi connectivity index (χ4n) is 3.93. The van der Waals surface area contributed by atoms with Crippen molar-refractivity contribution in [1.29, 1.82) is 0 Å². The van der Waals surface area contributed by atoms with Crippen LogP contribution in [0.15, 0.2) is 35.7 Å². The Hall–Kier alpha value is -2.38. The Morgan fingerprint density at radius 1 is 1.22 bits per heavy atom. The van der Waals surface area contributed by atoms with Crippen molar-refractivity contribution < 1.29 is 14.3 Å². The van der Waals surface area contributed by atoms with Gasteiger partial charge in [0.25, 0.3) is 5.91 Å². The predicted molar refractivity (Wildman–Crippen MR) is 132 cm³/mol. The second-order valence-corrected chi connectivity index (χ2v) is 10.8. The summed E-state index contributed by atoms with van der Waals surface area (Å²) in [6.07, 6.45) is 2.51. The number of anilines is 2. The zero-order chi connectivity index (χ0) is 23.3. The lowest BCUT2D eigenvalue weighted by molar-refractivity contribution is -0.117. The minimum absolute atomic E-state index is 0.00748. The van der Waals surface area contributed by atoms with Gasteiger partial charge in [-0.25, -0.2) is 0 Å². The normalized spacial score (nSPS) is 16.1. The van der Waals surface area contributed by atoms with Crippen LogP contribution in [0.2, 0.25) is 0 Å². The smallest absolute Gasteiger partial charge is 0.264 e. The highest BCUT2D eigenvalue weighted by atomic mass is 32.1. The Kier molecular flexibility index (Phi) is 7.96. The van der Waals surface area contributed by atoms with Gasteiger partial charge in [-0.15, -0.1) is 11.3 Å². The summed E-state index contributed by atoms with van der Waals surface area (Å²) < 4.78 is 5.83. The molecule has 2 amide bonds. The van der Waals surface area contributed by atoms with Crippen molar-refractivity contribution in [1.82, 2.24) is 4.90 Å². The molecule has 6 nitrogen and oxygen atoms in total. The van der Waals surface area contributed by atoms with E-state index in [1.807, 2.05) is 80.4 Å². The van der Waals surface area contributed by atoms with Crippen molar-refractivity contribution in [2.45, 2.75) is 52.7 Å². The predicted octanol–water partition coefficient (Wildman–Crippen LogP) is 5.01. The van der Waals surface area contributed by atoms with Crippen molar-refractivity contribution >= 4 is 34.5 Å². The van der Waals surface area contributed by atoms with Crippen molar-refractivity contribution in [3.8, 4) is 0 Å². The van der Waals surface area contributed by atoms with Gasteiger partial charge in [-0.1, -0.05) is 26.8 Å². The third-order valence-corrected chi connectivity index (χ3v) is 6.22. The fraction of sp³-hybridized carbons (Fsp3) is 0.520. The molecule has 2 heterocycles. The van der Waals surface area contributed by atoms with Crippen LogP contribution < -0.4 is 10.2 Å². The standard InChI is InChI=1S/C25H35N3O3S/c1-25(2,3)15-23(29)26-19-10-11-21(27(4)5)18(14-19)16-28(17-20-8-6-12-31-20)24(30)22-9-7-13-32-22/h7,9-11,13-14,20H,6,8,12,15-17H2,1-5H3,(H,26,29). The van der Waals surface area contributed by atoms with E-state index < -0.39 is 0 Å². The maximum absolute atomic E-state index is 13.3. The Morgan fingerprint density at radius 2 is 2.00 bits per heavy atom. The molecule has 2 aromatic rings. The molecule has 1 fully saturated rings. The minimum Gasteiger partial charge on any atom is -0.377 e. The van der Waals surface area contributed by atoms with Gasteiger partial charge in [-0.05, 0) is 53.5 Å². The van der Waals surface area contributed by atoms with E-state index in [1.54, 1.807) is 0 Å². The summed E-state index contributed by atoms with van der Waals surface area (Å²) in [5.74, 6) is 0.00861. The SMILES string of the molecule is CN(C)c1ccc(NC(=O)CC(C)(C)C)cc1CN(CC1CCCO1)C(=O)c1cccs1. The molecule has 0 aliphatic carbocycles. The third-order valence-electron chi connectivity index (χ3n) is 5.36. The summed E-state index contributed by atoms with van der Waals surface area (Å²) >= 11 is 1.46. The molecule has 0 radical (unpaired) electrons. The molecule has 0 spiro atoms. The number of hydrogen-bond acceptors (Lipinski definition) is 5. The quantitative estimate of drug-likeness (QED) is 0.605. The van der Waals surface area contributed by atoms with Gasteiger partial charge in [0.2, 0.25) is 5.91 Å². The number of carbonyl (C=O) groups excluding carboxylic acids is 2. The second kappa shape index (κ2) is 10.5. The highest BCUT2D eigenvalue weighted by Gasteiger charge is 2.25. The summed E-state index contributed by atoms with van der Waals surface area (Å²) in [5, 5.41) is 4.95. The van der Waals surface area contributed by atoms with Crippen LogP contribution in [0.5, 0.6) is 0 Å². The molecule has 0 saturated carbocycles. The summed E-state index contributed by atoms with van der Waals surface area (Å²) in [6.45, 7) is 7.91. The average molecular weight is 458 g/mol. The van der Waals surface area contributed by atoms with Crippen LogP contribution in [-0.2, 0) is 16.1 Å². The third kappa shape index (κ3) is 6.81. The number of carbonyl (C=O) groups is 2. The van der Waals surface area contributed by atoms with E-state index in [4.69, 9.17) is 4.74 Å². The van der Waals surface area contributed by atoms with Gasteiger partial charge in [-0.3, -0.25) is 9.59 Å². The molecular formula is C25H35N3O3S. The van der Waals surface area contributed by atoms with E-state index in [-0.39, 0.29) is 23.3 Å². The van der Waals surface area contributed by atoms with Crippen molar-refractivity contribution in [3.63, 3.8) is 0 Å². The molecule has 1 aromatic carbocycles. The maximum Gasteiger partial charge on any atom is 0.264 e. The van der Waals surface area contributed by atoms with Crippen molar-refractivity contribution in [2.75, 3.05) is 37.5 Å². The van der Waals surface area contributed by atoms with Crippen LogP contribution in [0.1, 0.15) is 55.3 Å². The van der Waals surface area contributed by atoms with Crippen LogP contribution in [0.25, 0.3) is 0 Å². The molecule has 3 rings (SSSR count). The molecule has 1 aromatic heterocycles. The number of nitrogens with zero attached hydrogens (tertiary/aromatic N) is 2. The Morgan fingerprint density at radius 3 is 2.59 bits per heavy atom. The zero-order valence-corrected chi connectivity index (χ0v) is 20.6. The average Bonchev–Trinajstić information content (AvgIpc) is 3.39. The number of benzene rings is 1. The van der Waals surface area contributed by atoms with Crippen LogP contribution in [0.3, 0.4) is 0 Å². The molecule has 1 unspecified atom stereocenters. The molecule has 7 heteroatoms. The van der Waals surface area contributed by atoms with Crippen LogP contribution in [-0.4, -0.2) is 50.1 Å². The van der Waals surface area contributed by atoms with Gasteiger partial charge in [0.05, 0.1) is 11.0 Å². The number of rotatable bonds is 8. The van der Waals surface area contributed by atoms with Gasteiger partial charge in [0, 0.05) is 51.6 Å². The van der Waals surface area contributed by atoms with Gasteiger partial charge < -0.3 is 19.9 Å². The summed E-state index contributed by atoms with van der Waals surface area (Å²) in [7, 11) is 3.98. The molecule has 0 bridgehead atoms. The first kappa shape index (κ1) is 24.3. The van der Waals surface area contributed by atoms with E-state index in [0.29, 0.717) is 19.5 Å². The molecule has 32 heavy (non-hydrogen) atoms. The molecular weight excluding hydrogens is 422 g/mol. The van der Waals surface area contributed by atoms with E-state index in [0.717, 1.165) is 41.3 Å². The van der Waals surface area contributed by atoms with Crippen LogP contribution >= 0.6 is 11.3 Å². The summed E-state index contributed by atoms with van der Waals surface area (Å²) in [4.78, 5) is 30.4. The number of thiophene rings is 1. The lowest BCUT2D eigenvalue weighted by Crippen LogP contribution is -2.37. The van der Waals surface area contributed by atoms with E-state index >= 15 is 0 Å². The lowest BCUT2D eigenvalue weighted by Gasteiger charge is -2.28. The molecule has 1 aliphatic heterocycles. The Bertz CT molecular complexity index is 913. The van der Waals surface area contributed by atoms with E-state index in [1.165, 1.54) is 11.3 Å². The second-order valence-electron chi connectivity index (χ2n) is 9.82. The number of hydrogen-bond donors (Lipinski definition) is 1. The molecule has 1 N–H and O–H groups in total. The highest BCUT2D eigenvalue weighted by molar-refractivity contribution is 7.12. The van der Waals surface area contributed by atoms with Gasteiger partial charge >= 0.3 is 0 Å². The number of nitrogens with one attached hydrogen (secondary N) is 1. The minimum atomic E-state index is -0.0816. The Balaban J connectivity index is 1.85. The highest BCUT2D eigenvalue weighted by Crippen LogP contribution is 2.27. The number of ether oxygens (including phenoxy) is 1. The van der Waals surface area contributed by atoms with Crippen molar-refractivity contribution in [3.05, 3.63) is 46.2 Å². The largest absolute Gasteiger partial charge is 0.377 e. The van der Waals surface area contributed by atoms with E-state index in [2.05, 4.69) is 5.32 Å². The summed E-state index contributed by atoms with van der Waals surface area (Å²) in [5.41, 5.74) is 2.68. The van der Waals surface area contributed by atoms with Gasteiger partial charge in [-0.2, -0.15) is 0 Å². The summed E-state index contributed by atoms with van der Waals surface area (Å²) in [6, 6.07) is 9.68. The molecule has 1 aliphatic rings. The van der Waals surface area contributed by atoms with Crippen LogP contribution in [0, 0.1) is 5.41 Å². The first-order valence-electron chi connectivity index (χ1n) is 11.2. The maximum atomic E-state index is 13.3. The molecule has 1 saturated heterocycles. The topological polar surface area (TPSA) is 61.9 Å². The van der Waals surface area contributed by atoms with Gasteiger partial charge in [0.15, 0.2) is 0 Å². The van der Waals surface area contributed by atoms with Gasteiger partial charge in [0.1, 0.15) is 0 Å². The zero-order valence-electron chi connectivity index (χ0n) is 19.8. The fourth-order valence-corrected chi connectivity index (χ4v) is 4.62. The van der Waals surface area contributed by atoms with Crippen LogP contribution in [0.4, 0.5) is 11.4 Å². The first-order chi connectivity index (χ1) is 15.1. The lowest BCUT2D eigenvalue weighted by atomic mass is 9.92. The molecule has 1 atom stereocenters. The molecule has 174 valence electrons. The first-order valence-corrected chi connectivity index (χ1v) is 12.0. The Labute approximate surface area is 195 Å². The number of amides is 2. The van der Waals surface area contributed by atoms with Crippen molar-refractivity contribution in [2.24, 2.45) is 5.41 Å². The monoisotopic (exact) mass is 457 g/mol.